The number of hydrogen-bond donors (Lipinski definition) is 1. The molecule has 4 nitrogen and oxygen atoms in total. The Morgan fingerprint density at radius 1 is 1.41 bits per heavy atom. The minimum absolute atomic E-state index is 0.246. The molecule has 0 radical (unpaired) electrons. The van der Waals surface area contributed by atoms with E-state index in [1.807, 2.05) is 0 Å². The molecule has 0 bridgehead atoms. The first-order chi connectivity index (χ1) is 8.02. The van der Waals surface area contributed by atoms with E-state index in [9.17, 15) is 9.59 Å². The molecule has 0 saturated heterocycles. The van der Waals surface area contributed by atoms with Crippen molar-refractivity contribution in [3.63, 3.8) is 0 Å². The van der Waals surface area contributed by atoms with Gasteiger partial charge in [0.1, 0.15) is 5.75 Å². The molecule has 1 aliphatic rings. The van der Waals surface area contributed by atoms with Crippen LogP contribution in [-0.2, 0) is 4.79 Å². The Kier molecular flexibility index (Phi) is 2.83. The second-order valence-corrected chi connectivity index (χ2v) is 4.49. The van der Waals surface area contributed by atoms with Crippen LogP contribution in [0.5, 0.6) is 5.75 Å². The summed E-state index contributed by atoms with van der Waals surface area (Å²) in [5.41, 5.74) is 0.867. The first-order valence-electron chi connectivity index (χ1n) is 5.26. The number of halogens is 1. The van der Waals surface area contributed by atoms with Gasteiger partial charge >= 0.3 is 0 Å². The number of carbonyl (C=O) groups is 2. The van der Waals surface area contributed by atoms with Gasteiger partial charge in [-0.05, 0) is 24.6 Å². The van der Waals surface area contributed by atoms with Crippen molar-refractivity contribution in [2.75, 3.05) is 12.4 Å². The number of hydrogen-bond acceptors (Lipinski definition) is 3. The highest BCUT2D eigenvalue weighted by molar-refractivity contribution is 6.52. The van der Waals surface area contributed by atoms with Gasteiger partial charge in [0.2, 0.25) is 0 Å². The second kappa shape index (κ2) is 4.04. The van der Waals surface area contributed by atoms with E-state index in [0.717, 1.165) is 0 Å². The van der Waals surface area contributed by atoms with E-state index in [0.29, 0.717) is 17.0 Å². The number of alkyl halides is 1. The molecule has 1 N–H and O–H groups in total. The van der Waals surface area contributed by atoms with Crippen LogP contribution in [0.2, 0.25) is 0 Å². The number of Topliss-reactive ketones (excluding diaryl/α,β-unsaturated/α-hetero) is 1. The molecule has 0 fully saturated rings. The van der Waals surface area contributed by atoms with Crippen molar-refractivity contribution < 1.29 is 14.3 Å². The first kappa shape index (κ1) is 11.9. The fourth-order valence-electron chi connectivity index (χ4n) is 1.81. The van der Waals surface area contributed by atoms with Gasteiger partial charge in [-0.3, -0.25) is 9.59 Å². The normalized spacial score (nSPS) is 23.0. The maximum absolute atomic E-state index is 12.2. The molecule has 0 spiro atoms. The molecule has 1 aromatic rings. The number of methoxy groups -OCH3 is 1. The van der Waals surface area contributed by atoms with Crippen molar-refractivity contribution in [3.05, 3.63) is 23.8 Å². The molecule has 90 valence electrons. The van der Waals surface area contributed by atoms with E-state index in [2.05, 4.69) is 5.32 Å². The van der Waals surface area contributed by atoms with Crippen LogP contribution in [0.1, 0.15) is 23.7 Å². The van der Waals surface area contributed by atoms with Gasteiger partial charge in [0.15, 0.2) is 10.7 Å². The van der Waals surface area contributed by atoms with Crippen molar-refractivity contribution in [1.82, 2.24) is 0 Å². The third-order valence-electron chi connectivity index (χ3n) is 2.93. The van der Waals surface area contributed by atoms with E-state index in [1.54, 1.807) is 25.1 Å². The SMILES string of the molecule is CCC1(Cl)C(=O)Nc2ccc(OC)cc2C1=O. The van der Waals surface area contributed by atoms with Gasteiger partial charge in [0.25, 0.3) is 5.91 Å². The van der Waals surface area contributed by atoms with E-state index < -0.39 is 10.8 Å². The van der Waals surface area contributed by atoms with Crippen LogP contribution in [0.15, 0.2) is 18.2 Å². The summed E-state index contributed by atoms with van der Waals surface area (Å²) in [6.45, 7) is 1.70. The predicted octanol–water partition coefficient (Wildman–Crippen LogP) is 2.22. The lowest BCUT2D eigenvalue weighted by atomic mass is 9.89. The number of carbonyl (C=O) groups excluding carboxylic acids is 2. The molecular formula is C12H12ClNO3. The standard InChI is InChI=1S/C12H12ClNO3/c1-3-12(13)10(15)8-6-7(17-2)4-5-9(8)14-11(12)16/h4-6H,3H2,1-2H3,(H,14,16). The molecule has 5 heteroatoms. The molecule has 17 heavy (non-hydrogen) atoms. The van der Waals surface area contributed by atoms with Crippen LogP contribution in [0.4, 0.5) is 5.69 Å². The van der Waals surface area contributed by atoms with Gasteiger partial charge < -0.3 is 10.1 Å². The topological polar surface area (TPSA) is 55.4 Å². The summed E-state index contributed by atoms with van der Waals surface area (Å²) in [6, 6.07) is 4.90. The molecule has 1 aromatic carbocycles. The Hall–Kier alpha value is -1.55. The second-order valence-electron chi connectivity index (χ2n) is 3.85. The van der Waals surface area contributed by atoms with Crippen LogP contribution in [-0.4, -0.2) is 23.7 Å². The number of ether oxygens (including phenoxy) is 1. The van der Waals surface area contributed by atoms with E-state index in [4.69, 9.17) is 16.3 Å². The van der Waals surface area contributed by atoms with Gasteiger partial charge in [-0.1, -0.05) is 18.5 Å². The van der Waals surface area contributed by atoms with Crippen LogP contribution in [0.3, 0.4) is 0 Å². The molecule has 2 rings (SSSR count). The van der Waals surface area contributed by atoms with Crippen LogP contribution in [0, 0.1) is 0 Å². The van der Waals surface area contributed by atoms with E-state index >= 15 is 0 Å². The zero-order valence-electron chi connectivity index (χ0n) is 9.54. The number of amides is 1. The van der Waals surface area contributed by atoms with Crippen LogP contribution >= 0.6 is 11.6 Å². The zero-order chi connectivity index (χ0) is 12.6. The van der Waals surface area contributed by atoms with E-state index in [-0.39, 0.29) is 12.2 Å². The Balaban J connectivity index is 2.56. The summed E-state index contributed by atoms with van der Waals surface area (Å²) >= 11 is 6.08. The molecule has 1 heterocycles. The molecule has 1 amide bonds. The van der Waals surface area contributed by atoms with E-state index in [1.165, 1.54) is 7.11 Å². The summed E-state index contributed by atoms with van der Waals surface area (Å²) in [5, 5.41) is 2.64. The lowest BCUT2D eigenvalue weighted by Crippen LogP contribution is -2.48. The van der Waals surface area contributed by atoms with Crippen molar-refractivity contribution in [1.29, 1.82) is 0 Å². The largest absolute Gasteiger partial charge is 0.497 e. The van der Waals surface area contributed by atoms with Crippen molar-refractivity contribution >= 4 is 29.0 Å². The summed E-state index contributed by atoms with van der Waals surface area (Å²) in [7, 11) is 1.52. The zero-order valence-corrected chi connectivity index (χ0v) is 10.3. The number of fused-ring (bicyclic) bond motifs is 1. The molecule has 0 saturated carbocycles. The smallest absolute Gasteiger partial charge is 0.253 e. The fourth-order valence-corrected chi connectivity index (χ4v) is 1.96. The molecule has 1 unspecified atom stereocenters. The minimum Gasteiger partial charge on any atom is -0.497 e. The van der Waals surface area contributed by atoms with Crippen molar-refractivity contribution in [2.24, 2.45) is 0 Å². The lowest BCUT2D eigenvalue weighted by molar-refractivity contribution is -0.117. The third-order valence-corrected chi connectivity index (χ3v) is 3.54. The maximum Gasteiger partial charge on any atom is 0.253 e. The number of benzene rings is 1. The number of nitrogens with one attached hydrogen (secondary N) is 1. The van der Waals surface area contributed by atoms with Crippen LogP contribution in [0.25, 0.3) is 0 Å². The average Bonchev–Trinajstić information content (AvgIpc) is 2.36. The highest BCUT2D eigenvalue weighted by Crippen LogP contribution is 2.36. The highest BCUT2D eigenvalue weighted by Gasteiger charge is 2.47. The minimum atomic E-state index is -1.50. The van der Waals surface area contributed by atoms with Crippen molar-refractivity contribution in [2.45, 2.75) is 18.2 Å². The van der Waals surface area contributed by atoms with Gasteiger partial charge in [0, 0.05) is 5.56 Å². The average molecular weight is 254 g/mol. The molecule has 0 aliphatic carbocycles. The number of anilines is 1. The number of rotatable bonds is 2. The lowest BCUT2D eigenvalue weighted by Gasteiger charge is -2.29. The summed E-state index contributed by atoms with van der Waals surface area (Å²) < 4.78 is 5.05. The predicted molar refractivity (Wildman–Crippen MR) is 64.8 cm³/mol. The first-order valence-corrected chi connectivity index (χ1v) is 5.64. The van der Waals surface area contributed by atoms with Gasteiger partial charge in [-0.15, -0.1) is 0 Å². The molecular weight excluding hydrogens is 242 g/mol. The fraction of sp³-hybridized carbons (Fsp3) is 0.333. The van der Waals surface area contributed by atoms with Gasteiger partial charge in [0.05, 0.1) is 12.8 Å². The van der Waals surface area contributed by atoms with Crippen molar-refractivity contribution in [3.8, 4) is 5.75 Å². The summed E-state index contributed by atoms with van der Waals surface area (Å²) in [6.07, 6.45) is 0.246. The maximum atomic E-state index is 12.2. The van der Waals surface area contributed by atoms with Crippen LogP contribution < -0.4 is 10.1 Å². The summed E-state index contributed by atoms with van der Waals surface area (Å²) in [5.74, 6) is -0.285. The quantitative estimate of drug-likeness (QED) is 0.650. The molecule has 1 aliphatic heterocycles. The summed E-state index contributed by atoms with van der Waals surface area (Å²) in [4.78, 5) is 22.5. The molecule has 1 atom stereocenters. The Morgan fingerprint density at radius 2 is 2.12 bits per heavy atom. The van der Waals surface area contributed by atoms with Gasteiger partial charge in [-0.2, -0.15) is 0 Å². The Bertz CT molecular complexity index is 501. The molecule has 0 aromatic heterocycles. The third kappa shape index (κ3) is 1.69. The highest BCUT2D eigenvalue weighted by atomic mass is 35.5. The Morgan fingerprint density at radius 3 is 2.71 bits per heavy atom. The number of ketones is 1. The Labute approximate surface area is 104 Å². The van der Waals surface area contributed by atoms with Gasteiger partial charge in [-0.25, -0.2) is 0 Å². The monoisotopic (exact) mass is 253 g/mol.